The number of hydrogen-bond donors (Lipinski definition) is 2. The third-order valence-corrected chi connectivity index (χ3v) is 4.05. The van der Waals surface area contributed by atoms with Crippen LogP contribution in [0.15, 0.2) is 42.5 Å². The molecule has 2 aromatic carbocycles. The first-order valence-corrected chi connectivity index (χ1v) is 8.26. The first-order valence-electron chi connectivity index (χ1n) is 8.26. The molecule has 26 heavy (non-hydrogen) atoms. The summed E-state index contributed by atoms with van der Waals surface area (Å²) in [4.78, 5) is 23.6. The van der Waals surface area contributed by atoms with Crippen molar-refractivity contribution in [3.8, 4) is 5.75 Å². The quantitative estimate of drug-likeness (QED) is 0.760. The molecule has 0 aromatic heterocycles. The van der Waals surface area contributed by atoms with Crippen LogP contribution in [0.4, 0.5) is 4.39 Å². The summed E-state index contributed by atoms with van der Waals surface area (Å²) in [6, 6.07) is 11.5. The molecular weight excluding hydrogens is 337 g/mol. The van der Waals surface area contributed by atoms with E-state index in [2.05, 4.69) is 5.32 Å². The van der Waals surface area contributed by atoms with E-state index in [0.29, 0.717) is 17.7 Å². The van der Waals surface area contributed by atoms with Gasteiger partial charge in [0, 0.05) is 12.1 Å². The number of hydrogen-bond acceptors (Lipinski definition) is 3. The molecule has 0 radical (unpaired) electrons. The van der Waals surface area contributed by atoms with Gasteiger partial charge in [-0.05, 0) is 37.1 Å². The number of benzene rings is 2. The zero-order valence-electron chi connectivity index (χ0n) is 14.8. The maximum Gasteiger partial charge on any atom is 0.308 e. The lowest BCUT2D eigenvalue weighted by Gasteiger charge is -2.14. The normalized spacial score (nSPS) is 11.7. The third-order valence-electron chi connectivity index (χ3n) is 4.05. The van der Waals surface area contributed by atoms with E-state index in [0.717, 1.165) is 11.1 Å². The number of aliphatic carboxylic acids is 1. The Balaban J connectivity index is 1.97. The number of halogens is 1. The lowest BCUT2D eigenvalue weighted by atomic mass is 9.98. The predicted molar refractivity (Wildman–Crippen MR) is 95.7 cm³/mol. The molecule has 138 valence electrons. The highest BCUT2D eigenvalue weighted by molar-refractivity contribution is 5.80. The van der Waals surface area contributed by atoms with Crippen molar-refractivity contribution in [3.05, 3.63) is 65.0 Å². The van der Waals surface area contributed by atoms with Crippen molar-refractivity contribution >= 4 is 11.9 Å². The van der Waals surface area contributed by atoms with Gasteiger partial charge in [-0.25, -0.2) is 4.39 Å². The van der Waals surface area contributed by atoms with E-state index in [9.17, 15) is 19.1 Å². The van der Waals surface area contributed by atoms with Crippen LogP contribution in [0.1, 0.15) is 16.7 Å². The Kier molecular flexibility index (Phi) is 6.72. The molecule has 1 atom stereocenters. The van der Waals surface area contributed by atoms with Crippen LogP contribution in [0, 0.1) is 18.7 Å². The minimum Gasteiger partial charge on any atom is -0.496 e. The number of rotatable bonds is 8. The molecule has 5 nitrogen and oxygen atoms in total. The van der Waals surface area contributed by atoms with Crippen molar-refractivity contribution in [3.63, 3.8) is 0 Å². The zero-order chi connectivity index (χ0) is 19.1. The fourth-order valence-corrected chi connectivity index (χ4v) is 2.73. The average molecular weight is 359 g/mol. The second kappa shape index (κ2) is 8.99. The van der Waals surface area contributed by atoms with Crippen LogP contribution in [-0.2, 0) is 22.4 Å². The molecule has 0 aliphatic rings. The summed E-state index contributed by atoms with van der Waals surface area (Å²) >= 11 is 0. The summed E-state index contributed by atoms with van der Waals surface area (Å²) in [6.45, 7) is 1.94. The lowest BCUT2D eigenvalue weighted by Crippen LogP contribution is -2.35. The van der Waals surface area contributed by atoms with Gasteiger partial charge in [0.15, 0.2) is 0 Å². The van der Waals surface area contributed by atoms with Gasteiger partial charge < -0.3 is 15.2 Å². The Labute approximate surface area is 151 Å². The largest absolute Gasteiger partial charge is 0.496 e. The van der Waals surface area contributed by atoms with Gasteiger partial charge in [0.1, 0.15) is 11.6 Å². The van der Waals surface area contributed by atoms with Gasteiger partial charge in [0.2, 0.25) is 5.91 Å². The highest BCUT2D eigenvalue weighted by atomic mass is 19.1. The van der Waals surface area contributed by atoms with Crippen molar-refractivity contribution in [2.24, 2.45) is 5.92 Å². The lowest BCUT2D eigenvalue weighted by molar-refractivity contribution is -0.141. The third kappa shape index (κ3) is 5.58. The molecule has 2 aromatic rings. The number of nitrogens with one attached hydrogen (secondary N) is 1. The Bertz CT molecular complexity index is 791. The maximum absolute atomic E-state index is 13.4. The van der Waals surface area contributed by atoms with Crippen LogP contribution in [0.2, 0.25) is 0 Å². The highest BCUT2D eigenvalue weighted by Gasteiger charge is 2.19. The van der Waals surface area contributed by atoms with Crippen LogP contribution < -0.4 is 10.1 Å². The average Bonchev–Trinajstić information content (AvgIpc) is 2.58. The Morgan fingerprint density at radius 1 is 1.23 bits per heavy atom. The van der Waals surface area contributed by atoms with E-state index in [-0.39, 0.29) is 18.9 Å². The van der Waals surface area contributed by atoms with Crippen molar-refractivity contribution in [2.45, 2.75) is 19.8 Å². The summed E-state index contributed by atoms with van der Waals surface area (Å²) in [6.07, 6.45) is 0.234. The van der Waals surface area contributed by atoms with Crippen LogP contribution in [-0.4, -0.2) is 30.6 Å². The summed E-state index contributed by atoms with van der Waals surface area (Å²) < 4.78 is 18.5. The van der Waals surface area contributed by atoms with Gasteiger partial charge >= 0.3 is 5.97 Å². The standard InChI is InChI=1S/C20H22FNO4/c1-13-4-3-5-14(8-13)9-16(20(24)25)12-22-19(23)11-15-10-17(21)6-7-18(15)26-2/h3-8,10,16H,9,11-12H2,1-2H3,(H,22,23)(H,24,25). The molecule has 0 heterocycles. The SMILES string of the molecule is COc1ccc(F)cc1CC(=O)NCC(Cc1cccc(C)c1)C(=O)O. The van der Waals surface area contributed by atoms with E-state index >= 15 is 0 Å². The second-order valence-electron chi connectivity index (χ2n) is 6.17. The Morgan fingerprint density at radius 2 is 2.00 bits per heavy atom. The predicted octanol–water partition coefficient (Wildman–Crippen LogP) is 2.74. The molecule has 2 rings (SSSR count). The number of aryl methyl sites for hydroxylation is 1. The first kappa shape index (κ1) is 19.4. The fourth-order valence-electron chi connectivity index (χ4n) is 2.73. The number of ether oxygens (including phenoxy) is 1. The molecular formula is C20H22FNO4. The first-order chi connectivity index (χ1) is 12.4. The topological polar surface area (TPSA) is 75.6 Å². The number of methoxy groups -OCH3 is 1. The maximum atomic E-state index is 13.4. The van der Waals surface area contributed by atoms with E-state index in [1.54, 1.807) is 0 Å². The van der Waals surface area contributed by atoms with Gasteiger partial charge in [-0.2, -0.15) is 0 Å². The smallest absolute Gasteiger partial charge is 0.308 e. The van der Waals surface area contributed by atoms with Crippen molar-refractivity contribution < 1.29 is 23.8 Å². The fraction of sp³-hybridized carbons (Fsp3) is 0.300. The molecule has 0 saturated heterocycles. The Morgan fingerprint density at radius 3 is 2.65 bits per heavy atom. The minimum atomic E-state index is -0.977. The van der Waals surface area contributed by atoms with E-state index in [1.165, 1.54) is 25.3 Å². The van der Waals surface area contributed by atoms with Crippen LogP contribution >= 0.6 is 0 Å². The summed E-state index contributed by atoms with van der Waals surface area (Å²) in [5.74, 6) is -2.15. The molecule has 0 fully saturated rings. The molecule has 6 heteroatoms. The molecule has 0 saturated carbocycles. The van der Waals surface area contributed by atoms with Gasteiger partial charge in [-0.1, -0.05) is 29.8 Å². The Hall–Kier alpha value is -2.89. The summed E-state index contributed by atoms with van der Waals surface area (Å²) in [5, 5.41) is 12.0. The zero-order valence-corrected chi connectivity index (χ0v) is 14.8. The van der Waals surface area contributed by atoms with Crippen molar-refractivity contribution in [1.29, 1.82) is 0 Å². The van der Waals surface area contributed by atoms with Gasteiger partial charge in [-0.3, -0.25) is 9.59 Å². The molecule has 0 aliphatic carbocycles. The van der Waals surface area contributed by atoms with Crippen molar-refractivity contribution in [2.75, 3.05) is 13.7 Å². The minimum absolute atomic E-state index is 0.000258. The number of carbonyl (C=O) groups is 2. The molecule has 1 amide bonds. The van der Waals surface area contributed by atoms with E-state index < -0.39 is 17.7 Å². The van der Waals surface area contributed by atoms with Gasteiger partial charge in [0.05, 0.1) is 19.4 Å². The molecule has 0 spiro atoms. The van der Waals surface area contributed by atoms with E-state index in [4.69, 9.17) is 4.74 Å². The number of carboxylic acids is 1. The van der Waals surface area contributed by atoms with Crippen LogP contribution in [0.5, 0.6) is 5.75 Å². The second-order valence-corrected chi connectivity index (χ2v) is 6.17. The van der Waals surface area contributed by atoms with Gasteiger partial charge in [-0.15, -0.1) is 0 Å². The molecule has 1 unspecified atom stereocenters. The van der Waals surface area contributed by atoms with E-state index in [1.807, 2.05) is 31.2 Å². The summed E-state index contributed by atoms with van der Waals surface area (Å²) in [5.41, 5.74) is 2.36. The number of carbonyl (C=O) groups excluding carboxylic acids is 1. The molecule has 0 aliphatic heterocycles. The summed E-state index contributed by atoms with van der Waals surface area (Å²) in [7, 11) is 1.44. The van der Waals surface area contributed by atoms with Crippen LogP contribution in [0.3, 0.4) is 0 Å². The van der Waals surface area contributed by atoms with Gasteiger partial charge in [0.25, 0.3) is 0 Å². The monoisotopic (exact) mass is 359 g/mol. The molecule has 2 N–H and O–H groups in total. The van der Waals surface area contributed by atoms with Crippen molar-refractivity contribution in [1.82, 2.24) is 5.32 Å². The highest BCUT2D eigenvalue weighted by Crippen LogP contribution is 2.20. The van der Waals surface area contributed by atoms with Crippen LogP contribution in [0.25, 0.3) is 0 Å². The number of carboxylic acid groups (broad SMARTS) is 1. The molecule has 0 bridgehead atoms. The number of amides is 1.